The van der Waals surface area contributed by atoms with Crippen molar-refractivity contribution in [1.82, 2.24) is 0 Å². The van der Waals surface area contributed by atoms with Crippen molar-refractivity contribution in [1.29, 1.82) is 0 Å². The summed E-state index contributed by atoms with van der Waals surface area (Å²) in [7, 11) is -7.77. The molecular weight excluding hydrogens is 278 g/mol. The second-order valence-electron chi connectivity index (χ2n) is 0.796. The van der Waals surface area contributed by atoms with Crippen molar-refractivity contribution < 1.29 is 33.3 Å². The van der Waals surface area contributed by atoms with Gasteiger partial charge in [0.2, 0.25) is 0 Å². The molecule has 5 N–H and O–H groups in total. The fourth-order valence-electron chi connectivity index (χ4n) is 0. The molecule has 0 fully saturated rings. The molecule has 7 nitrogen and oxygen atoms in total. The van der Waals surface area contributed by atoms with E-state index < -0.39 is 17.0 Å². The van der Waals surface area contributed by atoms with Crippen LogP contribution in [0.5, 0.6) is 0 Å². The molecule has 0 rings (SSSR count). The van der Waals surface area contributed by atoms with Crippen LogP contribution in [-0.2, 0) is 9.03 Å². The zero-order chi connectivity index (χ0) is 8.08. The van der Waals surface area contributed by atoms with Crippen LogP contribution in [0.3, 0.4) is 0 Å². The third kappa shape index (κ3) is 230. The Morgan fingerprint density at radius 3 is 1.00 bits per heavy atom. The molecular formula is H12AlCa2O7PSi. The SMILES string of the molecule is O=P(O)(O)O.O=[Si](O)O.[AlH3].[CaH2].[CaH2]. The Labute approximate surface area is 140 Å². The Balaban J connectivity index is -0.0000000221. The van der Waals surface area contributed by atoms with Gasteiger partial charge in [-0.25, -0.2) is 4.57 Å². The Morgan fingerprint density at radius 1 is 1.00 bits per heavy atom. The third-order valence-electron chi connectivity index (χ3n) is 0. The van der Waals surface area contributed by atoms with E-state index in [1.54, 1.807) is 0 Å². The van der Waals surface area contributed by atoms with Gasteiger partial charge in [-0.15, -0.1) is 0 Å². The second kappa shape index (κ2) is 16.2. The summed E-state index contributed by atoms with van der Waals surface area (Å²) in [5.41, 5.74) is 0. The molecule has 0 radical (unpaired) electrons. The standard InChI is InChI=1S/Al.2Ca.H3O4P.H2O3Si.7H/c;;;1-5(2,3)4;1-4(2)3;;;;;;;/h;;;(H3,1,2,3,4);1-2H;;;;;;;. The van der Waals surface area contributed by atoms with Crippen LogP contribution in [0.4, 0.5) is 0 Å². The minimum atomic E-state index is -4.64. The van der Waals surface area contributed by atoms with Crippen molar-refractivity contribution in [3.05, 3.63) is 0 Å². The molecule has 0 aromatic heterocycles. The summed E-state index contributed by atoms with van der Waals surface area (Å²) in [5, 5.41) is 0. The molecule has 12 heavy (non-hydrogen) atoms. The molecule has 12 heteroatoms. The quantitative estimate of drug-likeness (QED) is 0.222. The van der Waals surface area contributed by atoms with Gasteiger partial charge in [0, 0.05) is 0 Å². The maximum absolute atomic E-state index is 8.88. The molecule has 0 aliphatic heterocycles. The molecule has 0 amide bonds. The first-order valence-electron chi connectivity index (χ1n) is 1.43. The van der Waals surface area contributed by atoms with Crippen molar-refractivity contribution in [2.75, 3.05) is 0 Å². The molecule has 0 saturated carbocycles. The Bertz CT molecular complexity index is 121. The van der Waals surface area contributed by atoms with Gasteiger partial charge in [0.25, 0.3) is 0 Å². The average molecular weight is 290 g/mol. The summed E-state index contributed by atoms with van der Waals surface area (Å²) in [6, 6.07) is 0. The molecule has 70 valence electrons. The Morgan fingerprint density at radius 2 is 1.00 bits per heavy atom. The van der Waals surface area contributed by atoms with Crippen molar-refractivity contribution in [2.45, 2.75) is 0 Å². The van der Waals surface area contributed by atoms with Crippen LogP contribution < -0.4 is 0 Å². The molecule has 0 bridgehead atoms. The van der Waals surface area contributed by atoms with Gasteiger partial charge in [-0.1, -0.05) is 0 Å². The number of phosphoric acid groups is 1. The van der Waals surface area contributed by atoms with Gasteiger partial charge in [0.05, 0.1) is 0 Å². The molecule has 0 unspecified atom stereocenters. The molecule has 0 saturated heterocycles. The van der Waals surface area contributed by atoms with Crippen LogP contribution in [0.2, 0.25) is 0 Å². The van der Waals surface area contributed by atoms with Crippen LogP contribution in [0.15, 0.2) is 0 Å². The normalized spacial score (nSPS) is 6.92. The molecule has 0 aliphatic carbocycles. The van der Waals surface area contributed by atoms with E-state index in [0.29, 0.717) is 0 Å². The van der Waals surface area contributed by atoms with Crippen molar-refractivity contribution in [3.63, 3.8) is 0 Å². The molecule has 0 aromatic rings. The monoisotopic (exact) mass is 290 g/mol. The fraction of sp³-hybridized carbons (Fsp3) is 0. The minimum absolute atomic E-state index is 0. The van der Waals surface area contributed by atoms with Gasteiger partial charge < -0.3 is 24.3 Å². The summed E-state index contributed by atoms with van der Waals surface area (Å²) < 4.78 is 17.6. The first-order valence-corrected chi connectivity index (χ1v) is 4.30. The number of hydrogen-bond acceptors (Lipinski definition) is 2. The second-order valence-corrected chi connectivity index (χ2v) is 2.39. The third-order valence-corrected chi connectivity index (χ3v) is 0. The first kappa shape index (κ1) is 29.3. The molecule has 0 aliphatic rings. The Kier molecular flexibility index (Phi) is 39.7. The number of hydrogen-bond donors (Lipinski definition) is 5. The van der Waals surface area contributed by atoms with E-state index in [0.717, 1.165) is 0 Å². The predicted octanol–water partition coefficient (Wildman–Crippen LogP) is -5.56. The maximum atomic E-state index is 8.88. The van der Waals surface area contributed by atoms with Gasteiger partial charge >= 0.3 is 92.5 Å². The van der Waals surface area contributed by atoms with E-state index in [4.69, 9.17) is 33.3 Å². The average Bonchev–Trinajstić information content (AvgIpc) is 1.19. The van der Waals surface area contributed by atoms with E-state index >= 15 is 0 Å². The topological polar surface area (TPSA) is 135 Å². The van der Waals surface area contributed by atoms with Crippen molar-refractivity contribution in [2.24, 2.45) is 0 Å². The van der Waals surface area contributed by atoms with E-state index in [-0.39, 0.29) is 92.8 Å². The van der Waals surface area contributed by atoms with Crippen LogP contribution in [0.1, 0.15) is 0 Å². The van der Waals surface area contributed by atoms with Gasteiger partial charge in [-0.2, -0.15) is 0 Å². The van der Waals surface area contributed by atoms with Crippen LogP contribution in [0.25, 0.3) is 0 Å². The van der Waals surface area contributed by atoms with Crippen molar-refractivity contribution in [3.8, 4) is 0 Å². The molecule has 0 heterocycles. The number of rotatable bonds is 0. The van der Waals surface area contributed by atoms with Crippen LogP contribution in [-0.4, -0.2) is 126 Å². The zero-order valence-corrected chi connectivity index (χ0v) is 5.89. The van der Waals surface area contributed by atoms with E-state index in [2.05, 4.69) is 0 Å². The van der Waals surface area contributed by atoms with E-state index in [1.165, 1.54) is 0 Å². The van der Waals surface area contributed by atoms with Gasteiger partial charge in [-0.3, -0.25) is 4.46 Å². The molecule has 0 atom stereocenters. The van der Waals surface area contributed by atoms with E-state index in [9.17, 15) is 0 Å². The fourth-order valence-corrected chi connectivity index (χ4v) is 0. The summed E-state index contributed by atoms with van der Waals surface area (Å²) in [6.07, 6.45) is 0. The van der Waals surface area contributed by atoms with E-state index in [1.807, 2.05) is 0 Å². The van der Waals surface area contributed by atoms with Crippen LogP contribution in [0, 0.1) is 0 Å². The summed E-state index contributed by atoms with van der Waals surface area (Å²) >= 11 is 0. The Hall–Kier alpha value is 2.78. The summed E-state index contributed by atoms with van der Waals surface area (Å²) in [6.45, 7) is 0. The first-order chi connectivity index (χ1) is 3.73. The van der Waals surface area contributed by atoms with Gasteiger partial charge in [0.15, 0.2) is 17.4 Å². The van der Waals surface area contributed by atoms with Gasteiger partial charge in [0.1, 0.15) is 0 Å². The summed E-state index contributed by atoms with van der Waals surface area (Å²) in [4.78, 5) is 35.9. The summed E-state index contributed by atoms with van der Waals surface area (Å²) in [5.74, 6) is 0. The van der Waals surface area contributed by atoms with Crippen LogP contribution >= 0.6 is 7.82 Å². The zero-order valence-electron chi connectivity index (χ0n) is 4.00. The van der Waals surface area contributed by atoms with Crippen molar-refractivity contribution >= 4 is 110 Å². The molecule has 0 spiro atoms. The van der Waals surface area contributed by atoms with Gasteiger partial charge in [-0.05, 0) is 0 Å². The predicted molar refractivity (Wildman–Crippen MR) is 52.2 cm³/mol. The molecule has 0 aromatic carbocycles.